The Hall–Kier alpha value is -2.70. The van der Waals surface area contributed by atoms with E-state index in [1.54, 1.807) is 0 Å². The number of piperazine rings is 1. The van der Waals surface area contributed by atoms with Gasteiger partial charge in [0.2, 0.25) is 0 Å². The second-order valence-corrected chi connectivity index (χ2v) is 7.98. The second-order valence-electron chi connectivity index (χ2n) is 7.98. The fourth-order valence-electron chi connectivity index (χ4n) is 3.66. The van der Waals surface area contributed by atoms with Crippen LogP contribution in [0.4, 0.5) is 5.69 Å². The molecule has 1 aliphatic heterocycles. The predicted octanol–water partition coefficient (Wildman–Crippen LogP) is 2.60. The van der Waals surface area contributed by atoms with Crippen molar-refractivity contribution in [1.82, 2.24) is 15.1 Å². The van der Waals surface area contributed by atoms with E-state index in [0.29, 0.717) is 12.2 Å². The van der Waals surface area contributed by atoms with Crippen LogP contribution in [0.3, 0.4) is 0 Å². The molecule has 6 nitrogen and oxygen atoms in total. The van der Waals surface area contributed by atoms with E-state index in [0.717, 1.165) is 38.2 Å². The van der Waals surface area contributed by atoms with Crippen molar-refractivity contribution < 1.29 is 9.59 Å². The summed E-state index contributed by atoms with van der Waals surface area (Å²) in [6.45, 7) is 8.38. The van der Waals surface area contributed by atoms with Gasteiger partial charge in [-0.3, -0.25) is 14.5 Å². The van der Waals surface area contributed by atoms with Crippen molar-refractivity contribution in [3.8, 4) is 0 Å². The summed E-state index contributed by atoms with van der Waals surface area (Å²) >= 11 is 0. The fourth-order valence-corrected chi connectivity index (χ4v) is 3.66. The SMILES string of the molecule is CCc1ccc(NC(=O)C(=O)NC[C@@H](c2ccc(C)cc2)N2CCN(C)CC2)cc1. The Morgan fingerprint density at radius 3 is 2.17 bits per heavy atom. The molecule has 6 heteroatoms. The molecule has 2 N–H and O–H groups in total. The van der Waals surface area contributed by atoms with E-state index in [2.05, 4.69) is 65.6 Å². The molecular weight excluding hydrogens is 376 g/mol. The maximum absolute atomic E-state index is 12.4. The number of carbonyl (C=O) groups is 2. The number of amides is 2. The monoisotopic (exact) mass is 408 g/mol. The van der Waals surface area contributed by atoms with Crippen LogP contribution in [-0.2, 0) is 16.0 Å². The Kier molecular flexibility index (Phi) is 7.60. The minimum atomic E-state index is -0.639. The number of anilines is 1. The molecule has 0 saturated carbocycles. The Morgan fingerprint density at radius 1 is 0.933 bits per heavy atom. The first-order valence-electron chi connectivity index (χ1n) is 10.6. The number of carbonyl (C=O) groups excluding carboxylic acids is 2. The summed E-state index contributed by atoms with van der Waals surface area (Å²) in [5, 5.41) is 5.52. The third kappa shape index (κ3) is 5.90. The number of nitrogens with one attached hydrogen (secondary N) is 2. The smallest absolute Gasteiger partial charge is 0.313 e. The van der Waals surface area contributed by atoms with Crippen LogP contribution in [0.5, 0.6) is 0 Å². The molecule has 30 heavy (non-hydrogen) atoms. The summed E-state index contributed by atoms with van der Waals surface area (Å²) in [4.78, 5) is 29.5. The largest absolute Gasteiger partial charge is 0.346 e. The number of benzene rings is 2. The third-order valence-corrected chi connectivity index (χ3v) is 5.72. The lowest BCUT2D eigenvalue weighted by Gasteiger charge is -2.38. The highest BCUT2D eigenvalue weighted by Crippen LogP contribution is 2.22. The number of likely N-dealkylation sites (N-methyl/N-ethyl adjacent to an activating group) is 1. The zero-order chi connectivity index (χ0) is 21.5. The van der Waals surface area contributed by atoms with E-state index < -0.39 is 11.8 Å². The van der Waals surface area contributed by atoms with Crippen molar-refractivity contribution >= 4 is 17.5 Å². The van der Waals surface area contributed by atoms with Gasteiger partial charge in [0.25, 0.3) is 0 Å². The van der Waals surface area contributed by atoms with Gasteiger partial charge in [0.05, 0.1) is 6.04 Å². The topological polar surface area (TPSA) is 64.7 Å². The van der Waals surface area contributed by atoms with E-state index in [1.807, 2.05) is 24.3 Å². The normalized spacial score (nSPS) is 16.1. The first-order chi connectivity index (χ1) is 14.5. The summed E-state index contributed by atoms with van der Waals surface area (Å²) in [6, 6.07) is 16.0. The molecule has 0 radical (unpaired) electrons. The molecule has 3 rings (SSSR count). The fraction of sp³-hybridized carbons (Fsp3) is 0.417. The average molecular weight is 409 g/mol. The standard InChI is InChI=1S/C24H32N4O2/c1-4-19-7-11-21(12-8-19)26-24(30)23(29)25-17-22(20-9-5-18(2)6-10-20)28-15-13-27(3)14-16-28/h5-12,22H,4,13-17H2,1-3H3,(H,25,29)(H,26,30)/t22-/m0/s1. The van der Waals surface area contributed by atoms with Gasteiger partial charge in [0, 0.05) is 38.4 Å². The quantitative estimate of drug-likeness (QED) is 0.721. The molecule has 0 bridgehead atoms. The van der Waals surface area contributed by atoms with Crippen LogP contribution in [0.2, 0.25) is 0 Å². The lowest BCUT2D eigenvalue weighted by molar-refractivity contribution is -0.136. The highest BCUT2D eigenvalue weighted by Gasteiger charge is 2.25. The molecule has 0 aromatic heterocycles. The Morgan fingerprint density at radius 2 is 1.57 bits per heavy atom. The number of nitrogens with zero attached hydrogens (tertiary/aromatic N) is 2. The molecule has 160 valence electrons. The van der Waals surface area contributed by atoms with Crippen LogP contribution in [0.25, 0.3) is 0 Å². The van der Waals surface area contributed by atoms with Gasteiger partial charge in [-0.1, -0.05) is 48.9 Å². The average Bonchev–Trinajstić information content (AvgIpc) is 2.76. The van der Waals surface area contributed by atoms with Crippen molar-refractivity contribution in [2.45, 2.75) is 26.3 Å². The summed E-state index contributed by atoms with van der Waals surface area (Å²) in [6.07, 6.45) is 0.932. The number of hydrogen-bond donors (Lipinski definition) is 2. The summed E-state index contributed by atoms with van der Waals surface area (Å²) in [5.41, 5.74) is 4.17. The minimum absolute atomic E-state index is 0.0416. The Balaban J connectivity index is 1.62. The molecule has 2 amide bonds. The van der Waals surface area contributed by atoms with Gasteiger partial charge in [0.15, 0.2) is 0 Å². The van der Waals surface area contributed by atoms with Crippen molar-refractivity contribution in [3.05, 3.63) is 65.2 Å². The van der Waals surface area contributed by atoms with Crippen molar-refractivity contribution in [3.63, 3.8) is 0 Å². The van der Waals surface area contributed by atoms with Crippen molar-refractivity contribution in [2.75, 3.05) is 45.1 Å². The predicted molar refractivity (Wildman–Crippen MR) is 120 cm³/mol. The molecule has 1 saturated heterocycles. The molecule has 0 aliphatic carbocycles. The molecule has 1 fully saturated rings. The lowest BCUT2D eigenvalue weighted by Crippen LogP contribution is -2.49. The second kappa shape index (κ2) is 10.4. The molecule has 1 heterocycles. The van der Waals surface area contributed by atoms with E-state index >= 15 is 0 Å². The van der Waals surface area contributed by atoms with Gasteiger partial charge in [-0.2, -0.15) is 0 Å². The number of hydrogen-bond acceptors (Lipinski definition) is 4. The van der Waals surface area contributed by atoms with Crippen LogP contribution < -0.4 is 10.6 Å². The summed E-state index contributed by atoms with van der Waals surface area (Å²) in [7, 11) is 2.12. The number of aryl methyl sites for hydroxylation is 2. The molecule has 2 aromatic carbocycles. The maximum Gasteiger partial charge on any atom is 0.313 e. The Bertz CT molecular complexity index is 841. The van der Waals surface area contributed by atoms with Gasteiger partial charge in [0.1, 0.15) is 0 Å². The first-order valence-corrected chi connectivity index (χ1v) is 10.6. The highest BCUT2D eigenvalue weighted by molar-refractivity contribution is 6.39. The van der Waals surface area contributed by atoms with Crippen LogP contribution in [-0.4, -0.2) is 61.4 Å². The zero-order valence-electron chi connectivity index (χ0n) is 18.1. The molecule has 1 aliphatic rings. The summed E-state index contributed by atoms with van der Waals surface area (Å²) < 4.78 is 0. The van der Waals surface area contributed by atoms with Crippen LogP contribution >= 0.6 is 0 Å². The van der Waals surface area contributed by atoms with Gasteiger partial charge in [-0.15, -0.1) is 0 Å². The van der Waals surface area contributed by atoms with E-state index in [-0.39, 0.29) is 6.04 Å². The van der Waals surface area contributed by atoms with E-state index in [4.69, 9.17) is 0 Å². The van der Waals surface area contributed by atoms with Gasteiger partial charge >= 0.3 is 11.8 Å². The molecule has 0 spiro atoms. The molecule has 2 aromatic rings. The van der Waals surface area contributed by atoms with Crippen LogP contribution in [0, 0.1) is 6.92 Å². The van der Waals surface area contributed by atoms with E-state index in [1.165, 1.54) is 11.1 Å². The van der Waals surface area contributed by atoms with Crippen molar-refractivity contribution in [1.29, 1.82) is 0 Å². The molecule has 1 atom stereocenters. The van der Waals surface area contributed by atoms with Crippen molar-refractivity contribution in [2.24, 2.45) is 0 Å². The number of rotatable bonds is 6. The third-order valence-electron chi connectivity index (χ3n) is 5.72. The highest BCUT2D eigenvalue weighted by atomic mass is 16.2. The zero-order valence-corrected chi connectivity index (χ0v) is 18.1. The van der Waals surface area contributed by atoms with Gasteiger partial charge in [-0.25, -0.2) is 0 Å². The molecular formula is C24H32N4O2. The van der Waals surface area contributed by atoms with Crippen LogP contribution in [0.1, 0.15) is 29.7 Å². The minimum Gasteiger partial charge on any atom is -0.346 e. The molecule has 0 unspecified atom stereocenters. The van der Waals surface area contributed by atoms with Crippen LogP contribution in [0.15, 0.2) is 48.5 Å². The van der Waals surface area contributed by atoms with E-state index in [9.17, 15) is 9.59 Å². The van der Waals surface area contributed by atoms with Gasteiger partial charge in [-0.05, 0) is 43.7 Å². The first kappa shape index (κ1) is 22.0. The Labute approximate surface area is 179 Å². The lowest BCUT2D eigenvalue weighted by atomic mass is 10.0. The maximum atomic E-state index is 12.4. The van der Waals surface area contributed by atoms with Gasteiger partial charge < -0.3 is 15.5 Å². The summed E-state index contributed by atoms with van der Waals surface area (Å²) in [5.74, 6) is -1.25.